The van der Waals surface area contributed by atoms with E-state index in [0.717, 1.165) is 0 Å². The third-order valence-electron chi connectivity index (χ3n) is 9.00. The van der Waals surface area contributed by atoms with Gasteiger partial charge in [0.05, 0.1) is 23.8 Å². The molecule has 0 saturated carbocycles. The van der Waals surface area contributed by atoms with Gasteiger partial charge in [-0.1, -0.05) is 19.9 Å². The SMILES string of the molecule is CC(C)C(=O)Nc1ccc(NCC(=O)Nc2ccc3c(c2O)C(=O)C2=C(O)[C@]4(O)C(=O)C(C(N)=O)=C(O)[C@@H](N(C)C)C4CC2C3)cc1. The number of fused-ring (bicyclic) bond motifs is 3. The fourth-order valence-electron chi connectivity index (χ4n) is 6.66. The van der Waals surface area contributed by atoms with Crippen LogP contribution < -0.4 is 21.7 Å². The number of anilines is 3. The molecule has 4 atom stereocenters. The number of likely N-dealkylation sites (N-methyl/N-ethyl adjacent to an activating group) is 1. The van der Waals surface area contributed by atoms with Gasteiger partial charge in [0.2, 0.25) is 17.6 Å². The first kappa shape index (κ1) is 33.2. The van der Waals surface area contributed by atoms with Crippen LogP contribution in [0, 0.1) is 17.8 Å². The van der Waals surface area contributed by atoms with Crippen LogP contribution in [-0.4, -0.2) is 86.9 Å². The van der Waals surface area contributed by atoms with Crippen LogP contribution in [0.1, 0.15) is 36.2 Å². The maximum atomic E-state index is 13.9. The molecule has 3 aliphatic rings. The number of aromatic hydroxyl groups is 1. The van der Waals surface area contributed by atoms with Crippen molar-refractivity contribution in [1.29, 1.82) is 0 Å². The number of nitrogens with zero attached hydrogens (tertiary/aromatic N) is 1. The Morgan fingerprint density at radius 2 is 1.64 bits per heavy atom. The molecule has 0 saturated heterocycles. The first-order valence-corrected chi connectivity index (χ1v) is 15.0. The fourth-order valence-corrected chi connectivity index (χ4v) is 6.66. The summed E-state index contributed by atoms with van der Waals surface area (Å²) >= 11 is 0. The molecule has 47 heavy (non-hydrogen) atoms. The molecule has 14 heteroatoms. The molecule has 14 nitrogen and oxygen atoms in total. The molecule has 0 radical (unpaired) electrons. The molecule has 2 aromatic rings. The molecular formula is C33H37N5O9. The molecule has 248 valence electrons. The maximum Gasteiger partial charge on any atom is 0.255 e. The van der Waals surface area contributed by atoms with Crippen LogP contribution in [0.25, 0.3) is 0 Å². The second-order valence-electron chi connectivity index (χ2n) is 12.6. The van der Waals surface area contributed by atoms with Crippen molar-refractivity contribution in [2.45, 2.75) is 38.3 Å². The number of hydrogen-bond acceptors (Lipinski definition) is 11. The van der Waals surface area contributed by atoms with Gasteiger partial charge in [0.25, 0.3) is 5.91 Å². The minimum absolute atomic E-state index is 0.0260. The van der Waals surface area contributed by atoms with Gasteiger partial charge in [0.1, 0.15) is 17.1 Å². The van der Waals surface area contributed by atoms with E-state index in [1.165, 1.54) is 11.0 Å². The van der Waals surface area contributed by atoms with Gasteiger partial charge < -0.3 is 42.1 Å². The highest BCUT2D eigenvalue weighted by molar-refractivity contribution is 6.25. The molecule has 2 unspecified atom stereocenters. The van der Waals surface area contributed by atoms with Gasteiger partial charge in [0, 0.05) is 28.8 Å². The molecule has 3 amide bonds. The highest BCUT2D eigenvalue weighted by atomic mass is 16.3. The van der Waals surface area contributed by atoms with Crippen LogP contribution in [0.3, 0.4) is 0 Å². The standard InChI is InChI=1S/C33H37N5O9/c1-14(2)32(46)36-18-8-6-17(7-9-18)35-13-21(39)37-20-10-5-15-11-16-12-19-25(38(3)4)28(42)24(31(34)45)30(44)33(19,47)29(43)23(16)27(41)22(15)26(20)40/h5-10,14,16,19,25,35,40,42-43,47H,11-13H2,1-4H3,(H2,34,45)(H,36,46)(H,37,39)/t16?,19?,25-,33-/m0/s1. The first-order chi connectivity index (χ1) is 22.1. The lowest BCUT2D eigenvalue weighted by Crippen LogP contribution is -2.63. The molecule has 9 N–H and O–H groups in total. The van der Waals surface area contributed by atoms with Crippen LogP contribution in [-0.2, 0) is 25.6 Å². The number of carbonyl (C=O) groups is 5. The fraction of sp³-hybridized carbons (Fsp3) is 0.364. The van der Waals surface area contributed by atoms with E-state index in [9.17, 15) is 44.4 Å². The van der Waals surface area contributed by atoms with Gasteiger partial charge in [-0.3, -0.25) is 28.9 Å². The number of ketones is 2. The number of hydrogen-bond donors (Lipinski definition) is 8. The second kappa shape index (κ2) is 12.2. The molecule has 0 aliphatic heterocycles. The van der Waals surface area contributed by atoms with Crippen molar-refractivity contribution in [3.05, 3.63) is 70.2 Å². The summed E-state index contributed by atoms with van der Waals surface area (Å²) in [4.78, 5) is 65.6. The van der Waals surface area contributed by atoms with Gasteiger partial charge in [-0.2, -0.15) is 0 Å². The van der Waals surface area contributed by atoms with E-state index in [1.807, 2.05) is 0 Å². The molecule has 5 rings (SSSR count). The number of nitrogens with one attached hydrogen (secondary N) is 3. The zero-order valence-corrected chi connectivity index (χ0v) is 26.2. The number of rotatable bonds is 8. The summed E-state index contributed by atoms with van der Waals surface area (Å²) in [6, 6.07) is 8.64. The average Bonchev–Trinajstić information content (AvgIpc) is 2.99. The molecule has 0 bridgehead atoms. The highest BCUT2D eigenvalue weighted by Crippen LogP contribution is 2.52. The van der Waals surface area contributed by atoms with E-state index in [-0.39, 0.29) is 48.0 Å². The molecule has 2 aromatic carbocycles. The number of phenolic OH excluding ortho intramolecular Hbond substituents is 1. The average molecular weight is 648 g/mol. The third-order valence-corrected chi connectivity index (χ3v) is 9.00. The zero-order chi connectivity index (χ0) is 34.5. The van der Waals surface area contributed by atoms with Crippen molar-refractivity contribution >= 4 is 46.4 Å². The zero-order valence-electron chi connectivity index (χ0n) is 26.2. The van der Waals surface area contributed by atoms with E-state index in [0.29, 0.717) is 16.9 Å². The number of phenols is 1. The van der Waals surface area contributed by atoms with Crippen molar-refractivity contribution in [3.63, 3.8) is 0 Å². The van der Waals surface area contributed by atoms with Gasteiger partial charge in [-0.25, -0.2) is 0 Å². The van der Waals surface area contributed by atoms with Crippen LogP contribution in [0.2, 0.25) is 0 Å². The van der Waals surface area contributed by atoms with E-state index in [1.54, 1.807) is 58.3 Å². The Balaban J connectivity index is 1.38. The van der Waals surface area contributed by atoms with Crippen LogP contribution in [0.5, 0.6) is 5.75 Å². The number of allylic oxidation sites excluding steroid dienone is 1. The molecule has 0 spiro atoms. The number of amides is 3. The van der Waals surface area contributed by atoms with E-state index < -0.39 is 69.7 Å². The number of nitrogens with two attached hydrogens (primary N) is 1. The third kappa shape index (κ3) is 5.59. The summed E-state index contributed by atoms with van der Waals surface area (Å²) in [7, 11) is 3.11. The van der Waals surface area contributed by atoms with Gasteiger partial charge >= 0.3 is 0 Å². The van der Waals surface area contributed by atoms with Crippen molar-refractivity contribution in [2.75, 3.05) is 36.6 Å². The number of benzene rings is 2. The predicted molar refractivity (Wildman–Crippen MR) is 171 cm³/mol. The molecule has 0 fully saturated rings. The highest BCUT2D eigenvalue weighted by Gasteiger charge is 2.63. The lowest BCUT2D eigenvalue weighted by atomic mass is 9.58. The number of Topliss-reactive ketones (excluding diaryl/α,β-unsaturated/α-hetero) is 2. The monoisotopic (exact) mass is 647 g/mol. The summed E-state index contributed by atoms with van der Waals surface area (Å²) < 4.78 is 0. The van der Waals surface area contributed by atoms with E-state index >= 15 is 0 Å². The van der Waals surface area contributed by atoms with Gasteiger partial charge in [-0.15, -0.1) is 0 Å². The number of carbonyl (C=O) groups excluding carboxylic acids is 5. The molecule has 0 heterocycles. The number of aliphatic hydroxyl groups excluding tert-OH is 2. The van der Waals surface area contributed by atoms with Gasteiger partial charge in [0.15, 0.2) is 17.1 Å². The topological polar surface area (TPSA) is 232 Å². The van der Waals surface area contributed by atoms with Crippen molar-refractivity contribution in [1.82, 2.24) is 4.90 Å². The Kier molecular flexibility index (Phi) is 8.60. The van der Waals surface area contributed by atoms with Crippen LogP contribution in [0.4, 0.5) is 17.1 Å². The molecular weight excluding hydrogens is 610 g/mol. The number of primary amides is 1. The molecule has 0 aromatic heterocycles. The Morgan fingerprint density at radius 1 is 1.00 bits per heavy atom. The predicted octanol–water partition coefficient (Wildman–Crippen LogP) is 1.77. The smallest absolute Gasteiger partial charge is 0.255 e. The van der Waals surface area contributed by atoms with Crippen molar-refractivity contribution in [2.24, 2.45) is 23.5 Å². The van der Waals surface area contributed by atoms with Gasteiger partial charge in [-0.05, 0) is 68.8 Å². The lowest BCUT2D eigenvalue weighted by Gasteiger charge is -2.50. The molecule has 3 aliphatic carbocycles. The number of aliphatic hydroxyl groups is 3. The van der Waals surface area contributed by atoms with Crippen molar-refractivity contribution in [3.8, 4) is 5.75 Å². The minimum atomic E-state index is -2.74. The summed E-state index contributed by atoms with van der Waals surface area (Å²) in [5.74, 6) is -8.33. The first-order valence-electron chi connectivity index (χ1n) is 15.0. The Bertz CT molecular complexity index is 1760. The lowest BCUT2D eigenvalue weighted by molar-refractivity contribution is -0.148. The second-order valence-corrected chi connectivity index (χ2v) is 12.6. The largest absolute Gasteiger partial charge is 0.510 e. The Hall–Kier alpha value is -5.21. The quantitative estimate of drug-likeness (QED) is 0.152. The Morgan fingerprint density at radius 3 is 2.23 bits per heavy atom. The summed E-state index contributed by atoms with van der Waals surface area (Å²) in [6.45, 7) is 3.35. The van der Waals surface area contributed by atoms with Crippen molar-refractivity contribution < 1.29 is 44.4 Å². The van der Waals surface area contributed by atoms with Crippen LogP contribution in [0.15, 0.2) is 59.1 Å². The Labute approximate surface area is 269 Å². The summed E-state index contributed by atoms with van der Waals surface area (Å²) in [5, 5.41) is 53.4. The summed E-state index contributed by atoms with van der Waals surface area (Å²) in [6.07, 6.45) is 0.104. The van der Waals surface area contributed by atoms with E-state index in [4.69, 9.17) is 5.73 Å². The normalized spacial score (nSPS) is 23.7. The van der Waals surface area contributed by atoms with E-state index in [2.05, 4.69) is 16.0 Å². The minimum Gasteiger partial charge on any atom is -0.510 e. The summed E-state index contributed by atoms with van der Waals surface area (Å²) in [5.41, 5.74) is 2.76. The maximum absolute atomic E-state index is 13.9. The van der Waals surface area contributed by atoms with Crippen LogP contribution >= 0.6 is 0 Å².